The molecule has 1 unspecified atom stereocenters. The highest BCUT2D eigenvalue weighted by Gasteiger charge is 2.40. The van der Waals surface area contributed by atoms with Crippen molar-refractivity contribution >= 4 is 22.6 Å². The van der Waals surface area contributed by atoms with Gasteiger partial charge in [0.1, 0.15) is 18.0 Å². The number of hydrogen-bond acceptors (Lipinski definition) is 8. The number of pyridine rings is 2. The summed E-state index contributed by atoms with van der Waals surface area (Å²) in [5.41, 5.74) is 4.61. The molecule has 2 aromatic heterocycles. The molecule has 1 saturated heterocycles. The van der Waals surface area contributed by atoms with Crippen LogP contribution < -0.4 is 10.5 Å². The first-order valence-corrected chi connectivity index (χ1v) is 12.9. The molecule has 2 N–H and O–H groups in total. The van der Waals surface area contributed by atoms with Crippen molar-refractivity contribution in [3.05, 3.63) is 50.3 Å². The monoisotopic (exact) mass is 505 g/mol. The predicted molar refractivity (Wildman–Crippen MR) is 138 cm³/mol. The lowest BCUT2D eigenvalue weighted by Gasteiger charge is -2.31. The number of anilines is 1. The number of ether oxygens (including phenoxy) is 2. The minimum absolute atomic E-state index is 0.157. The number of aryl methyl sites for hydroxylation is 2. The molecule has 0 spiro atoms. The maximum absolute atomic E-state index is 13.7. The van der Waals surface area contributed by atoms with Crippen molar-refractivity contribution in [1.29, 1.82) is 0 Å². The maximum Gasteiger partial charge on any atom is 0.309 e. The van der Waals surface area contributed by atoms with E-state index >= 15 is 0 Å². The molecule has 0 saturated carbocycles. The van der Waals surface area contributed by atoms with Crippen molar-refractivity contribution in [1.82, 2.24) is 9.55 Å². The summed E-state index contributed by atoms with van der Waals surface area (Å²) < 4.78 is 12.5. The molecule has 9 nitrogen and oxygen atoms in total. The molecular formula is C28H31N3O6. The highest BCUT2D eigenvalue weighted by Crippen LogP contribution is 2.45. The first kappa shape index (κ1) is 23.9. The lowest BCUT2D eigenvalue weighted by molar-refractivity contribution is -0.149. The van der Waals surface area contributed by atoms with Gasteiger partial charge in [0.25, 0.3) is 5.56 Å². The third kappa shape index (κ3) is 3.48. The number of carbonyl (C=O) groups excluding carboxylic acids is 1. The van der Waals surface area contributed by atoms with E-state index in [1.807, 2.05) is 19.1 Å². The van der Waals surface area contributed by atoms with Gasteiger partial charge in [0.15, 0.2) is 0 Å². The molecule has 3 aliphatic rings. The molecule has 1 atom stereocenters. The summed E-state index contributed by atoms with van der Waals surface area (Å²) in [4.78, 5) is 33.1. The number of aliphatic hydroxyl groups is 1. The molecular weight excluding hydrogens is 474 g/mol. The molecule has 6 rings (SSSR count). The van der Waals surface area contributed by atoms with Crippen LogP contribution in [0.25, 0.3) is 22.3 Å². The van der Waals surface area contributed by atoms with Crippen LogP contribution in [0.5, 0.6) is 5.75 Å². The van der Waals surface area contributed by atoms with E-state index in [9.17, 15) is 19.8 Å². The Hall–Kier alpha value is -3.43. The lowest BCUT2D eigenvalue weighted by atomic mass is 9.85. The number of phenols is 1. The maximum atomic E-state index is 13.7. The fourth-order valence-electron chi connectivity index (χ4n) is 6.12. The molecule has 9 heteroatoms. The van der Waals surface area contributed by atoms with E-state index in [2.05, 4.69) is 11.8 Å². The number of fused-ring (bicyclic) bond motifs is 5. The molecule has 0 aliphatic carbocycles. The fourth-order valence-corrected chi connectivity index (χ4v) is 6.12. The SMILES string of the molecule is CCc1c2c(nc3cc(C)c(O)c(N4CCOCC4)c13)-c1cc3c(c(=O)n1C2)COC(=O)CC3(O)CC. The standard InChI is InChI=1S/C28H31N3O6/c1-4-16-17-13-31-21(11-19-18(27(31)34)14-37-22(32)12-28(19,35)5-2)24(17)29-20-10-15(3)26(33)25(23(16)20)30-6-8-36-9-7-30/h10-11,33,35H,4-9,12-14H2,1-3H3. The Bertz CT molecular complexity index is 1520. The lowest BCUT2D eigenvalue weighted by Crippen LogP contribution is -2.36. The van der Waals surface area contributed by atoms with Crippen LogP contribution in [0, 0.1) is 6.92 Å². The van der Waals surface area contributed by atoms with Crippen LogP contribution in [-0.2, 0) is 39.4 Å². The van der Waals surface area contributed by atoms with E-state index in [0.29, 0.717) is 61.8 Å². The van der Waals surface area contributed by atoms with Crippen LogP contribution in [0.2, 0.25) is 0 Å². The van der Waals surface area contributed by atoms with E-state index in [1.54, 1.807) is 11.5 Å². The fraction of sp³-hybridized carbons (Fsp3) is 0.464. The van der Waals surface area contributed by atoms with Gasteiger partial charge in [-0.25, -0.2) is 4.98 Å². The van der Waals surface area contributed by atoms with Crippen molar-refractivity contribution in [2.24, 2.45) is 0 Å². The van der Waals surface area contributed by atoms with Gasteiger partial charge in [-0.15, -0.1) is 0 Å². The third-order valence-electron chi connectivity index (χ3n) is 8.17. The molecule has 0 radical (unpaired) electrons. The minimum Gasteiger partial charge on any atom is -0.505 e. The van der Waals surface area contributed by atoms with Gasteiger partial charge < -0.3 is 29.2 Å². The van der Waals surface area contributed by atoms with E-state index in [4.69, 9.17) is 14.5 Å². The number of benzene rings is 1. The number of rotatable bonds is 3. The van der Waals surface area contributed by atoms with E-state index < -0.39 is 11.6 Å². The average Bonchev–Trinajstić information content (AvgIpc) is 3.20. The summed E-state index contributed by atoms with van der Waals surface area (Å²) in [7, 11) is 0. The number of hydrogen-bond donors (Lipinski definition) is 2. The second-order valence-corrected chi connectivity index (χ2v) is 10.2. The Labute approximate surface area is 214 Å². The van der Waals surface area contributed by atoms with Gasteiger partial charge >= 0.3 is 5.97 Å². The highest BCUT2D eigenvalue weighted by atomic mass is 16.5. The topological polar surface area (TPSA) is 114 Å². The number of aromatic hydroxyl groups is 1. The first-order valence-electron chi connectivity index (χ1n) is 12.9. The van der Waals surface area contributed by atoms with Crippen molar-refractivity contribution < 1.29 is 24.5 Å². The van der Waals surface area contributed by atoms with Gasteiger partial charge in [-0.3, -0.25) is 9.59 Å². The number of carbonyl (C=O) groups is 1. The molecule has 194 valence electrons. The zero-order valence-electron chi connectivity index (χ0n) is 21.4. The second kappa shape index (κ2) is 8.56. The average molecular weight is 506 g/mol. The van der Waals surface area contributed by atoms with Gasteiger partial charge in [-0.2, -0.15) is 0 Å². The molecule has 3 aromatic rings. The Morgan fingerprint density at radius 3 is 2.59 bits per heavy atom. The van der Waals surface area contributed by atoms with Crippen molar-refractivity contribution in [2.75, 3.05) is 31.2 Å². The number of nitrogens with zero attached hydrogens (tertiary/aromatic N) is 3. The Balaban J connectivity index is 1.63. The number of esters is 1. The zero-order valence-corrected chi connectivity index (χ0v) is 21.4. The van der Waals surface area contributed by atoms with Crippen molar-refractivity contribution in [3.8, 4) is 17.1 Å². The van der Waals surface area contributed by atoms with Crippen LogP contribution in [0.4, 0.5) is 5.69 Å². The van der Waals surface area contributed by atoms with E-state index in [-0.39, 0.29) is 30.8 Å². The zero-order chi connectivity index (χ0) is 26.1. The summed E-state index contributed by atoms with van der Waals surface area (Å²) in [5, 5.41) is 23.5. The number of aromatic nitrogens is 2. The number of phenolic OH excluding ortho intramolecular Hbond substituents is 1. The van der Waals surface area contributed by atoms with Gasteiger partial charge in [0.2, 0.25) is 0 Å². The molecule has 5 heterocycles. The molecule has 0 amide bonds. The van der Waals surface area contributed by atoms with Crippen LogP contribution in [0.1, 0.15) is 54.5 Å². The molecule has 3 aliphatic heterocycles. The molecule has 0 bridgehead atoms. The van der Waals surface area contributed by atoms with Crippen LogP contribution in [0.3, 0.4) is 0 Å². The highest BCUT2D eigenvalue weighted by molar-refractivity contribution is 6.01. The van der Waals surface area contributed by atoms with E-state index in [0.717, 1.165) is 33.3 Å². The summed E-state index contributed by atoms with van der Waals surface area (Å²) in [6.07, 6.45) is 0.775. The van der Waals surface area contributed by atoms with Crippen molar-refractivity contribution in [3.63, 3.8) is 0 Å². The summed E-state index contributed by atoms with van der Waals surface area (Å²) >= 11 is 0. The van der Waals surface area contributed by atoms with Gasteiger partial charge in [0.05, 0.1) is 54.3 Å². The molecule has 37 heavy (non-hydrogen) atoms. The largest absolute Gasteiger partial charge is 0.505 e. The Morgan fingerprint density at radius 1 is 1.14 bits per heavy atom. The summed E-state index contributed by atoms with van der Waals surface area (Å²) in [6, 6.07) is 3.72. The van der Waals surface area contributed by atoms with Gasteiger partial charge in [0, 0.05) is 24.0 Å². The predicted octanol–water partition coefficient (Wildman–Crippen LogP) is 2.88. The number of morpholine rings is 1. The first-order chi connectivity index (χ1) is 17.8. The van der Waals surface area contributed by atoms with Crippen LogP contribution >= 0.6 is 0 Å². The van der Waals surface area contributed by atoms with Crippen LogP contribution in [-0.4, -0.2) is 52.0 Å². The third-order valence-corrected chi connectivity index (χ3v) is 8.17. The smallest absolute Gasteiger partial charge is 0.309 e. The number of cyclic esters (lactones) is 1. The van der Waals surface area contributed by atoms with Crippen LogP contribution in [0.15, 0.2) is 16.9 Å². The normalized spacial score (nSPS) is 20.9. The van der Waals surface area contributed by atoms with Gasteiger partial charge in [-0.1, -0.05) is 13.8 Å². The summed E-state index contributed by atoms with van der Waals surface area (Å²) in [5.74, 6) is -0.270. The Kier molecular flexibility index (Phi) is 5.54. The Morgan fingerprint density at radius 2 is 1.89 bits per heavy atom. The van der Waals surface area contributed by atoms with E-state index in [1.165, 1.54) is 0 Å². The second-order valence-electron chi connectivity index (χ2n) is 10.2. The molecule has 1 aromatic carbocycles. The summed E-state index contributed by atoms with van der Waals surface area (Å²) in [6.45, 7) is 8.44. The minimum atomic E-state index is -1.48. The van der Waals surface area contributed by atoms with Gasteiger partial charge in [-0.05, 0) is 48.6 Å². The van der Waals surface area contributed by atoms with Crippen molar-refractivity contribution in [2.45, 2.75) is 58.8 Å². The quantitative estimate of drug-likeness (QED) is 0.409. The molecule has 1 fully saturated rings.